The van der Waals surface area contributed by atoms with Gasteiger partial charge in [0.05, 0.1) is 0 Å². The molecule has 1 unspecified atom stereocenters. The number of hydrogen-bond donors (Lipinski definition) is 1. The molecule has 1 aromatic heterocycles. The fourth-order valence-electron chi connectivity index (χ4n) is 2.26. The normalized spacial score (nSPS) is 20.9. The van der Waals surface area contributed by atoms with E-state index in [1.54, 1.807) is 0 Å². The van der Waals surface area contributed by atoms with Gasteiger partial charge in [0.2, 0.25) is 5.95 Å². The van der Waals surface area contributed by atoms with E-state index in [1.807, 2.05) is 13.2 Å². The molecule has 1 aliphatic heterocycles. The average Bonchev–Trinajstić information content (AvgIpc) is 2.30. The first-order chi connectivity index (χ1) is 7.70. The zero-order valence-electron chi connectivity index (χ0n) is 10.3. The van der Waals surface area contributed by atoms with Crippen LogP contribution in [-0.2, 0) is 0 Å². The van der Waals surface area contributed by atoms with Crippen LogP contribution in [0.4, 0.5) is 11.8 Å². The summed E-state index contributed by atoms with van der Waals surface area (Å²) < 4.78 is 0. The molecule has 16 heavy (non-hydrogen) atoms. The molecule has 1 atom stereocenters. The largest absolute Gasteiger partial charge is 0.357 e. The van der Waals surface area contributed by atoms with Gasteiger partial charge in [-0.3, -0.25) is 0 Å². The zero-order valence-corrected chi connectivity index (χ0v) is 10.3. The van der Waals surface area contributed by atoms with Crippen LogP contribution < -0.4 is 10.2 Å². The number of hydrogen-bond acceptors (Lipinski definition) is 4. The SMILES string of the molecule is CNc1ncc(C)c(N2CCCC(C)C2)n1. The molecular formula is C12H20N4. The minimum absolute atomic E-state index is 0.707. The van der Waals surface area contributed by atoms with E-state index in [-0.39, 0.29) is 0 Å². The molecule has 1 aromatic rings. The Bertz CT molecular complexity index is 364. The van der Waals surface area contributed by atoms with Crippen molar-refractivity contribution in [2.75, 3.05) is 30.4 Å². The summed E-state index contributed by atoms with van der Waals surface area (Å²) in [5, 5.41) is 3.00. The van der Waals surface area contributed by atoms with E-state index in [0.717, 1.165) is 30.4 Å². The van der Waals surface area contributed by atoms with Gasteiger partial charge in [-0.05, 0) is 25.7 Å². The van der Waals surface area contributed by atoms with Crippen LogP contribution in [0.5, 0.6) is 0 Å². The maximum Gasteiger partial charge on any atom is 0.224 e. The molecule has 2 heterocycles. The summed E-state index contributed by atoms with van der Waals surface area (Å²) >= 11 is 0. The Morgan fingerprint density at radius 3 is 3.00 bits per heavy atom. The molecule has 2 rings (SSSR count). The van der Waals surface area contributed by atoms with E-state index < -0.39 is 0 Å². The second-order valence-electron chi connectivity index (χ2n) is 4.64. The summed E-state index contributed by atoms with van der Waals surface area (Å²) in [4.78, 5) is 11.2. The number of aromatic nitrogens is 2. The molecule has 0 saturated carbocycles. The van der Waals surface area contributed by atoms with Gasteiger partial charge < -0.3 is 10.2 Å². The fraction of sp³-hybridized carbons (Fsp3) is 0.667. The lowest BCUT2D eigenvalue weighted by atomic mass is 10.0. The van der Waals surface area contributed by atoms with Gasteiger partial charge in [0.1, 0.15) is 5.82 Å². The van der Waals surface area contributed by atoms with Crippen molar-refractivity contribution in [1.82, 2.24) is 9.97 Å². The highest BCUT2D eigenvalue weighted by molar-refractivity contribution is 5.49. The molecule has 0 bridgehead atoms. The van der Waals surface area contributed by atoms with E-state index in [4.69, 9.17) is 0 Å². The molecule has 0 amide bonds. The molecule has 4 nitrogen and oxygen atoms in total. The van der Waals surface area contributed by atoms with Gasteiger partial charge in [0, 0.05) is 31.9 Å². The molecule has 1 fully saturated rings. The first-order valence-electron chi connectivity index (χ1n) is 5.97. The van der Waals surface area contributed by atoms with Crippen molar-refractivity contribution in [2.45, 2.75) is 26.7 Å². The lowest BCUT2D eigenvalue weighted by molar-refractivity contribution is 0.444. The zero-order chi connectivity index (χ0) is 11.5. The van der Waals surface area contributed by atoms with Crippen molar-refractivity contribution < 1.29 is 0 Å². The molecule has 1 N–H and O–H groups in total. The summed E-state index contributed by atoms with van der Waals surface area (Å²) in [5.74, 6) is 2.56. The molecule has 0 aliphatic carbocycles. The third kappa shape index (κ3) is 2.26. The van der Waals surface area contributed by atoms with Crippen molar-refractivity contribution >= 4 is 11.8 Å². The minimum atomic E-state index is 0.707. The van der Waals surface area contributed by atoms with E-state index >= 15 is 0 Å². The Balaban J connectivity index is 2.24. The van der Waals surface area contributed by atoms with E-state index in [0.29, 0.717) is 5.95 Å². The molecule has 0 spiro atoms. The number of aryl methyl sites for hydroxylation is 1. The molecule has 1 saturated heterocycles. The third-order valence-electron chi connectivity index (χ3n) is 3.13. The van der Waals surface area contributed by atoms with Crippen molar-refractivity contribution in [3.63, 3.8) is 0 Å². The van der Waals surface area contributed by atoms with Gasteiger partial charge in [-0.1, -0.05) is 6.92 Å². The molecular weight excluding hydrogens is 200 g/mol. The summed E-state index contributed by atoms with van der Waals surface area (Å²) in [7, 11) is 1.85. The number of nitrogens with zero attached hydrogens (tertiary/aromatic N) is 3. The van der Waals surface area contributed by atoms with Crippen LogP contribution in [0.2, 0.25) is 0 Å². The minimum Gasteiger partial charge on any atom is -0.357 e. The van der Waals surface area contributed by atoms with Gasteiger partial charge in [-0.15, -0.1) is 0 Å². The maximum atomic E-state index is 4.55. The standard InChI is InChI=1S/C12H20N4/c1-9-5-4-6-16(8-9)11-10(2)7-14-12(13-3)15-11/h7,9H,4-6,8H2,1-3H3,(H,13,14,15). The Morgan fingerprint density at radius 1 is 1.50 bits per heavy atom. The van der Waals surface area contributed by atoms with Crippen molar-refractivity contribution in [3.8, 4) is 0 Å². The van der Waals surface area contributed by atoms with Crippen LogP contribution in [0.25, 0.3) is 0 Å². The number of nitrogens with one attached hydrogen (secondary N) is 1. The first kappa shape index (κ1) is 11.2. The number of rotatable bonds is 2. The molecule has 4 heteroatoms. The van der Waals surface area contributed by atoms with Gasteiger partial charge in [-0.2, -0.15) is 4.98 Å². The van der Waals surface area contributed by atoms with Crippen LogP contribution in [0.3, 0.4) is 0 Å². The molecule has 0 aromatic carbocycles. The van der Waals surface area contributed by atoms with Crippen LogP contribution in [-0.4, -0.2) is 30.1 Å². The second-order valence-corrected chi connectivity index (χ2v) is 4.64. The molecule has 0 radical (unpaired) electrons. The lowest BCUT2D eigenvalue weighted by Gasteiger charge is -2.32. The van der Waals surface area contributed by atoms with Crippen molar-refractivity contribution in [1.29, 1.82) is 0 Å². The topological polar surface area (TPSA) is 41.1 Å². The average molecular weight is 220 g/mol. The Hall–Kier alpha value is -1.32. The molecule has 88 valence electrons. The van der Waals surface area contributed by atoms with E-state index in [9.17, 15) is 0 Å². The summed E-state index contributed by atoms with van der Waals surface area (Å²) in [5.41, 5.74) is 1.16. The second kappa shape index (κ2) is 4.68. The fourth-order valence-corrected chi connectivity index (χ4v) is 2.26. The Labute approximate surface area is 97.1 Å². The smallest absolute Gasteiger partial charge is 0.224 e. The number of piperidine rings is 1. The quantitative estimate of drug-likeness (QED) is 0.828. The highest BCUT2D eigenvalue weighted by Gasteiger charge is 2.19. The third-order valence-corrected chi connectivity index (χ3v) is 3.13. The van der Waals surface area contributed by atoms with Crippen molar-refractivity contribution in [2.24, 2.45) is 5.92 Å². The first-order valence-corrected chi connectivity index (χ1v) is 5.97. The van der Waals surface area contributed by atoms with E-state index in [2.05, 4.69) is 34.0 Å². The van der Waals surface area contributed by atoms with Gasteiger partial charge >= 0.3 is 0 Å². The predicted octanol–water partition coefficient (Wildman–Crippen LogP) is 2.06. The Kier molecular flexibility index (Phi) is 3.27. The number of anilines is 2. The van der Waals surface area contributed by atoms with Crippen LogP contribution in [0.1, 0.15) is 25.3 Å². The highest BCUT2D eigenvalue weighted by Crippen LogP contribution is 2.24. The van der Waals surface area contributed by atoms with Crippen LogP contribution >= 0.6 is 0 Å². The lowest BCUT2D eigenvalue weighted by Crippen LogP contribution is -2.35. The summed E-state index contributed by atoms with van der Waals surface area (Å²) in [6, 6.07) is 0. The summed E-state index contributed by atoms with van der Waals surface area (Å²) in [6.07, 6.45) is 4.49. The predicted molar refractivity (Wildman–Crippen MR) is 66.9 cm³/mol. The highest BCUT2D eigenvalue weighted by atomic mass is 15.2. The monoisotopic (exact) mass is 220 g/mol. The van der Waals surface area contributed by atoms with Crippen molar-refractivity contribution in [3.05, 3.63) is 11.8 Å². The van der Waals surface area contributed by atoms with Gasteiger partial charge in [0.15, 0.2) is 0 Å². The van der Waals surface area contributed by atoms with E-state index in [1.165, 1.54) is 12.8 Å². The van der Waals surface area contributed by atoms with Crippen LogP contribution in [0, 0.1) is 12.8 Å². The van der Waals surface area contributed by atoms with Gasteiger partial charge in [0.25, 0.3) is 0 Å². The molecule has 1 aliphatic rings. The Morgan fingerprint density at radius 2 is 2.31 bits per heavy atom. The summed E-state index contributed by atoms with van der Waals surface area (Å²) in [6.45, 7) is 6.61. The maximum absolute atomic E-state index is 4.55. The van der Waals surface area contributed by atoms with Crippen LogP contribution in [0.15, 0.2) is 6.20 Å². The van der Waals surface area contributed by atoms with Gasteiger partial charge in [-0.25, -0.2) is 4.98 Å².